The Bertz CT molecular complexity index is 1160. The molecule has 0 radical (unpaired) electrons. The first-order valence-corrected chi connectivity index (χ1v) is 30.5. The van der Waals surface area contributed by atoms with Crippen LogP contribution in [0.3, 0.4) is 0 Å². The van der Waals surface area contributed by atoms with E-state index in [0.717, 1.165) is 70.6 Å². The summed E-state index contributed by atoms with van der Waals surface area (Å²) in [5, 5.41) is 0. The van der Waals surface area contributed by atoms with Crippen LogP contribution in [-0.2, 0) is 28.6 Å². The molecule has 0 bridgehead atoms. The molecule has 0 spiro atoms. The highest BCUT2D eigenvalue weighted by molar-refractivity contribution is 5.71. The molecule has 0 fully saturated rings. The number of esters is 3. The lowest BCUT2D eigenvalue weighted by atomic mass is 10.0. The molecule has 0 rings (SSSR count). The third kappa shape index (κ3) is 56.4. The number of rotatable bonds is 56. The van der Waals surface area contributed by atoms with Crippen molar-refractivity contribution in [3.63, 3.8) is 0 Å². The molecular weight excluding hydrogens is 853 g/mol. The van der Waals surface area contributed by atoms with Crippen molar-refractivity contribution in [3.8, 4) is 0 Å². The third-order valence-corrected chi connectivity index (χ3v) is 13.6. The maximum absolute atomic E-state index is 12.9. The van der Waals surface area contributed by atoms with Gasteiger partial charge in [-0.3, -0.25) is 14.4 Å². The van der Waals surface area contributed by atoms with Crippen LogP contribution in [0.5, 0.6) is 0 Å². The lowest BCUT2D eigenvalue weighted by Crippen LogP contribution is -2.30. The largest absolute Gasteiger partial charge is 0.462 e. The van der Waals surface area contributed by atoms with Gasteiger partial charge in [0.05, 0.1) is 0 Å². The van der Waals surface area contributed by atoms with E-state index in [0.29, 0.717) is 19.3 Å². The van der Waals surface area contributed by atoms with Crippen LogP contribution < -0.4 is 0 Å². The van der Waals surface area contributed by atoms with Crippen LogP contribution in [0.15, 0.2) is 36.5 Å². The van der Waals surface area contributed by atoms with Crippen molar-refractivity contribution < 1.29 is 28.6 Å². The second-order valence-electron chi connectivity index (χ2n) is 20.6. The van der Waals surface area contributed by atoms with Crippen molar-refractivity contribution >= 4 is 17.9 Å². The predicted molar refractivity (Wildman–Crippen MR) is 298 cm³/mol. The first-order valence-electron chi connectivity index (χ1n) is 30.5. The monoisotopic (exact) mass is 969 g/mol. The maximum Gasteiger partial charge on any atom is 0.306 e. The molecule has 0 aliphatic heterocycles. The Hall–Kier alpha value is -2.37. The van der Waals surface area contributed by atoms with Gasteiger partial charge in [0.1, 0.15) is 13.2 Å². The molecule has 0 amide bonds. The third-order valence-electron chi connectivity index (χ3n) is 13.6. The van der Waals surface area contributed by atoms with Crippen LogP contribution >= 0.6 is 0 Å². The molecule has 1 atom stereocenters. The van der Waals surface area contributed by atoms with E-state index in [2.05, 4.69) is 57.2 Å². The van der Waals surface area contributed by atoms with Crippen molar-refractivity contribution in [1.82, 2.24) is 0 Å². The molecule has 404 valence electrons. The van der Waals surface area contributed by atoms with Gasteiger partial charge in [0.15, 0.2) is 6.10 Å². The average Bonchev–Trinajstić information content (AvgIpc) is 3.35. The molecule has 0 aromatic rings. The number of hydrogen-bond donors (Lipinski definition) is 0. The molecule has 0 aliphatic rings. The van der Waals surface area contributed by atoms with Gasteiger partial charge in [-0.05, 0) is 77.0 Å². The molecule has 0 aromatic heterocycles. The van der Waals surface area contributed by atoms with Gasteiger partial charge in [0, 0.05) is 19.3 Å². The van der Waals surface area contributed by atoms with Crippen LogP contribution in [0.4, 0.5) is 0 Å². The van der Waals surface area contributed by atoms with Crippen LogP contribution in [0, 0.1) is 0 Å². The smallest absolute Gasteiger partial charge is 0.306 e. The zero-order valence-electron chi connectivity index (χ0n) is 46.3. The molecule has 0 unspecified atom stereocenters. The first-order chi connectivity index (χ1) is 34.0. The van der Waals surface area contributed by atoms with Crippen molar-refractivity contribution in [3.05, 3.63) is 36.5 Å². The second kappa shape index (κ2) is 58.2. The van der Waals surface area contributed by atoms with Crippen molar-refractivity contribution in [1.29, 1.82) is 0 Å². The number of allylic oxidation sites excluding steroid dienone is 6. The van der Waals surface area contributed by atoms with Gasteiger partial charge in [-0.15, -0.1) is 0 Å². The second-order valence-corrected chi connectivity index (χ2v) is 20.6. The van der Waals surface area contributed by atoms with E-state index in [1.165, 1.54) is 218 Å². The Morgan fingerprint density at radius 1 is 0.290 bits per heavy atom. The molecule has 0 aliphatic carbocycles. The van der Waals surface area contributed by atoms with E-state index < -0.39 is 6.10 Å². The summed E-state index contributed by atoms with van der Waals surface area (Å²) in [5.41, 5.74) is 0. The number of carbonyl (C=O) groups excluding carboxylic acids is 3. The van der Waals surface area contributed by atoms with Crippen LogP contribution in [-0.4, -0.2) is 37.2 Å². The number of ether oxygens (including phenoxy) is 3. The van der Waals surface area contributed by atoms with Crippen LogP contribution in [0.2, 0.25) is 0 Å². The minimum Gasteiger partial charge on any atom is -0.462 e. The average molecular weight is 970 g/mol. The topological polar surface area (TPSA) is 78.9 Å². The van der Waals surface area contributed by atoms with E-state index in [1.54, 1.807) is 0 Å². The van der Waals surface area contributed by atoms with Crippen LogP contribution in [0.1, 0.15) is 329 Å². The molecule has 6 nitrogen and oxygen atoms in total. The molecule has 69 heavy (non-hydrogen) atoms. The summed E-state index contributed by atoms with van der Waals surface area (Å²) in [7, 11) is 0. The highest BCUT2D eigenvalue weighted by Crippen LogP contribution is 2.17. The van der Waals surface area contributed by atoms with Crippen molar-refractivity contribution in [2.45, 2.75) is 335 Å². The summed E-state index contributed by atoms with van der Waals surface area (Å²) in [6.07, 6.45) is 69.9. The number of unbranched alkanes of at least 4 members (excludes halogenated alkanes) is 39. The Morgan fingerprint density at radius 2 is 0.522 bits per heavy atom. The fourth-order valence-electron chi connectivity index (χ4n) is 9.00. The van der Waals surface area contributed by atoms with Crippen LogP contribution in [0.25, 0.3) is 0 Å². The first kappa shape index (κ1) is 66.6. The van der Waals surface area contributed by atoms with Crippen molar-refractivity contribution in [2.24, 2.45) is 0 Å². The molecular formula is C63H116O6. The quantitative estimate of drug-likeness (QED) is 0.0261. The van der Waals surface area contributed by atoms with E-state index in [-0.39, 0.29) is 31.1 Å². The Morgan fingerprint density at radius 3 is 0.841 bits per heavy atom. The molecule has 0 saturated carbocycles. The SMILES string of the molecule is CCCCC/C=C\C/C=C\CCCCCCCCCC(=O)OC[C@H](COC(=O)CCCCCCCCCCCCCCC)OC(=O)CCCCCCCCCCCCC/C=C\CCCCCCCC. The molecule has 0 saturated heterocycles. The Labute approximate surface area is 429 Å². The lowest BCUT2D eigenvalue weighted by Gasteiger charge is -2.18. The summed E-state index contributed by atoms with van der Waals surface area (Å²) in [6, 6.07) is 0. The van der Waals surface area contributed by atoms with E-state index in [4.69, 9.17) is 14.2 Å². The van der Waals surface area contributed by atoms with Gasteiger partial charge in [-0.25, -0.2) is 0 Å². The van der Waals surface area contributed by atoms with Gasteiger partial charge >= 0.3 is 17.9 Å². The van der Waals surface area contributed by atoms with Crippen molar-refractivity contribution in [2.75, 3.05) is 13.2 Å². The summed E-state index contributed by atoms with van der Waals surface area (Å²) < 4.78 is 16.9. The lowest BCUT2D eigenvalue weighted by molar-refractivity contribution is -0.167. The van der Waals surface area contributed by atoms with Gasteiger partial charge in [0.25, 0.3) is 0 Å². The molecule has 0 N–H and O–H groups in total. The fraction of sp³-hybridized carbons (Fsp3) is 0.857. The van der Waals surface area contributed by atoms with Gasteiger partial charge in [0.2, 0.25) is 0 Å². The highest BCUT2D eigenvalue weighted by Gasteiger charge is 2.19. The van der Waals surface area contributed by atoms with Gasteiger partial charge in [-0.1, -0.05) is 269 Å². The maximum atomic E-state index is 12.9. The molecule has 0 aromatic carbocycles. The predicted octanol–water partition coefficient (Wildman–Crippen LogP) is 20.4. The minimum absolute atomic E-state index is 0.0708. The Balaban J connectivity index is 4.31. The fourth-order valence-corrected chi connectivity index (χ4v) is 9.00. The number of carbonyl (C=O) groups is 3. The molecule has 6 heteroatoms. The Kier molecular flexibility index (Phi) is 56.2. The highest BCUT2D eigenvalue weighted by atomic mass is 16.6. The van der Waals surface area contributed by atoms with E-state index >= 15 is 0 Å². The summed E-state index contributed by atoms with van der Waals surface area (Å²) >= 11 is 0. The zero-order valence-corrected chi connectivity index (χ0v) is 46.3. The summed E-state index contributed by atoms with van der Waals surface area (Å²) in [5.74, 6) is -0.860. The zero-order chi connectivity index (χ0) is 50.0. The summed E-state index contributed by atoms with van der Waals surface area (Å²) in [4.78, 5) is 38.2. The normalized spacial score (nSPS) is 12.2. The minimum atomic E-state index is -0.773. The van der Waals surface area contributed by atoms with Gasteiger partial charge in [-0.2, -0.15) is 0 Å². The standard InChI is InChI=1S/C63H116O6/c1-4-7-10-13-16-19-22-25-27-29-30-31-32-34-36-39-42-45-48-51-54-57-63(66)69-60(58-67-61(64)55-52-49-46-43-40-37-24-21-18-15-12-9-6-3)59-68-62(65)56-53-50-47-44-41-38-35-33-28-26-23-20-17-14-11-8-5-2/h17,20,25-28,60H,4-16,18-19,21-24,29-59H2,1-3H3/b20-17-,27-25-,28-26-/t60-/m0/s1. The van der Waals surface area contributed by atoms with E-state index in [1.807, 2.05) is 0 Å². The summed E-state index contributed by atoms with van der Waals surface area (Å²) in [6.45, 7) is 6.65. The number of hydrogen-bond acceptors (Lipinski definition) is 6. The van der Waals surface area contributed by atoms with E-state index in [9.17, 15) is 14.4 Å². The molecule has 0 heterocycles. The van der Waals surface area contributed by atoms with Gasteiger partial charge < -0.3 is 14.2 Å².